The Hall–Kier alpha value is -2.50. The summed E-state index contributed by atoms with van der Waals surface area (Å²) < 4.78 is 3.55. The molecule has 4 aliphatic rings. The van der Waals surface area contributed by atoms with Crippen LogP contribution in [-0.4, -0.2) is 30.7 Å². The van der Waals surface area contributed by atoms with Crippen LogP contribution in [0.25, 0.3) is 17.3 Å². The van der Waals surface area contributed by atoms with Gasteiger partial charge in [0.1, 0.15) is 0 Å². The number of aryl methyl sites for hydroxylation is 1. The predicted octanol–water partition coefficient (Wildman–Crippen LogP) is 5.03. The third-order valence-corrected chi connectivity index (χ3v) is 6.54. The number of aromatic nitrogens is 1. The van der Waals surface area contributed by atoms with Crippen LogP contribution in [0.5, 0.6) is 0 Å². The van der Waals surface area contributed by atoms with Crippen molar-refractivity contribution in [2.75, 3.05) is 29.3 Å². The van der Waals surface area contributed by atoms with Crippen molar-refractivity contribution in [3.05, 3.63) is 70.8 Å². The largest absolute Gasteiger partial charge is 0.366 e. The van der Waals surface area contributed by atoms with Gasteiger partial charge in [-0.15, -0.1) is 0 Å². The van der Waals surface area contributed by atoms with Crippen LogP contribution in [0.1, 0.15) is 24.5 Å². The smallest absolute Gasteiger partial charge is 0.0963 e. The molecule has 1 aliphatic carbocycles. The average molecular weight is 403 g/mol. The lowest BCUT2D eigenvalue weighted by atomic mass is 10.0. The van der Waals surface area contributed by atoms with Crippen LogP contribution >= 0.6 is 11.9 Å². The van der Waals surface area contributed by atoms with Gasteiger partial charge in [-0.05, 0) is 49.4 Å². The fraction of sp³-hybridized carbons (Fsp3) is 0.292. The van der Waals surface area contributed by atoms with E-state index in [-0.39, 0.29) is 0 Å². The highest BCUT2D eigenvalue weighted by atomic mass is 32.2. The predicted molar refractivity (Wildman–Crippen MR) is 124 cm³/mol. The van der Waals surface area contributed by atoms with Crippen LogP contribution in [0.2, 0.25) is 0 Å². The molecule has 0 aromatic heterocycles. The Kier molecular flexibility index (Phi) is 5.17. The van der Waals surface area contributed by atoms with Gasteiger partial charge in [0.05, 0.1) is 17.1 Å². The van der Waals surface area contributed by atoms with E-state index >= 15 is 0 Å². The van der Waals surface area contributed by atoms with Crippen molar-refractivity contribution >= 4 is 29.4 Å². The van der Waals surface area contributed by atoms with Crippen LogP contribution in [0.3, 0.4) is 0 Å². The van der Waals surface area contributed by atoms with Gasteiger partial charge >= 0.3 is 0 Å². The summed E-state index contributed by atoms with van der Waals surface area (Å²) in [4.78, 5) is 8.66. The molecule has 1 aromatic rings. The van der Waals surface area contributed by atoms with Gasteiger partial charge in [0, 0.05) is 47.9 Å². The van der Waals surface area contributed by atoms with Gasteiger partial charge in [0.25, 0.3) is 0 Å². The first kappa shape index (κ1) is 18.5. The molecule has 1 aromatic carbocycles. The SMILES string of the molecule is CC1=Cc2c(c3ccccnc-3c2N2CCN[C@@H](CCc3ccccc3)C2)NS1. The summed E-state index contributed by atoms with van der Waals surface area (Å²) in [5.41, 5.74) is 7.49. The molecule has 3 aliphatic heterocycles. The molecule has 0 amide bonds. The first-order valence-corrected chi connectivity index (χ1v) is 11.2. The Bertz CT molecular complexity index is 1000. The molecule has 29 heavy (non-hydrogen) atoms. The van der Waals surface area contributed by atoms with Crippen molar-refractivity contribution in [1.82, 2.24) is 10.3 Å². The number of piperazine rings is 1. The second-order valence-corrected chi connectivity index (χ2v) is 8.86. The summed E-state index contributed by atoms with van der Waals surface area (Å²) in [7, 11) is 0. The number of hydrogen-bond acceptors (Lipinski definition) is 5. The molecule has 148 valence electrons. The van der Waals surface area contributed by atoms with Crippen molar-refractivity contribution < 1.29 is 0 Å². The zero-order valence-corrected chi connectivity index (χ0v) is 17.5. The minimum absolute atomic E-state index is 0.484. The molecule has 4 nitrogen and oxygen atoms in total. The molecule has 0 radical (unpaired) electrons. The monoisotopic (exact) mass is 402 g/mol. The van der Waals surface area contributed by atoms with E-state index in [0.717, 1.165) is 38.2 Å². The number of nitrogens with one attached hydrogen (secondary N) is 2. The van der Waals surface area contributed by atoms with Crippen molar-refractivity contribution in [3.8, 4) is 11.3 Å². The van der Waals surface area contributed by atoms with Crippen LogP contribution in [0.15, 0.2) is 59.6 Å². The Labute approximate surface area is 176 Å². The molecule has 1 fully saturated rings. The molecule has 0 unspecified atom stereocenters. The second-order valence-electron chi connectivity index (χ2n) is 7.81. The number of benzene rings is 1. The zero-order chi connectivity index (χ0) is 19.6. The van der Waals surface area contributed by atoms with Gasteiger partial charge in [-0.25, -0.2) is 0 Å². The third-order valence-electron chi connectivity index (χ3n) is 5.79. The number of nitrogens with zero attached hydrogens (tertiary/aromatic N) is 2. The van der Waals surface area contributed by atoms with Crippen molar-refractivity contribution in [3.63, 3.8) is 0 Å². The average Bonchev–Trinajstić information content (AvgIpc) is 2.89. The van der Waals surface area contributed by atoms with Crippen LogP contribution in [-0.2, 0) is 6.42 Å². The van der Waals surface area contributed by atoms with Gasteiger partial charge in [-0.3, -0.25) is 4.98 Å². The molecule has 3 heterocycles. The molecule has 5 rings (SSSR count). The molecule has 0 bridgehead atoms. The van der Waals surface area contributed by atoms with Crippen LogP contribution in [0.4, 0.5) is 11.4 Å². The Balaban J connectivity index is 1.44. The van der Waals surface area contributed by atoms with Crippen LogP contribution in [0, 0.1) is 0 Å². The Morgan fingerprint density at radius 1 is 1.14 bits per heavy atom. The summed E-state index contributed by atoms with van der Waals surface area (Å²) in [5, 5.41) is 3.73. The molecular weight excluding hydrogens is 376 g/mol. The van der Waals surface area contributed by atoms with Crippen LogP contribution < -0.4 is 14.9 Å². The fourth-order valence-corrected chi connectivity index (χ4v) is 5.05. The standard InChI is InChI=1S/C24H26N4S/c1-17-15-21-22(27-29-17)20-9-5-6-12-26-23(20)24(21)28-14-13-25-19(16-28)11-10-18-7-3-2-4-8-18/h2-9,12,15,19,25,27H,10-11,13-14,16H2,1H3/t19-/m0/s1. The highest BCUT2D eigenvalue weighted by Gasteiger charge is 2.31. The number of rotatable bonds is 4. The zero-order valence-electron chi connectivity index (χ0n) is 16.7. The normalized spacial score (nSPS) is 18.9. The minimum atomic E-state index is 0.484. The van der Waals surface area contributed by atoms with E-state index in [2.05, 4.69) is 70.4 Å². The van der Waals surface area contributed by atoms with Gasteiger partial charge in [-0.2, -0.15) is 0 Å². The summed E-state index contributed by atoms with van der Waals surface area (Å²) in [6.07, 6.45) is 6.48. The van der Waals surface area contributed by atoms with Gasteiger partial charge in [0.2, 0.25) is 0 Å². The summed E-state index contributed by atoms with van der Waals surface area (Å²) >= 11 is 1.69. The maximum absolute atomic E-state index is 4.83. The number of fused-ring (bicyclic) bond motifs is 3. The highest BCUT2D eigenvalue weighted by molar-refractivity contribution is 8.04. The second kappa shape index (κ2) is 8.09. The lowest BCUT2D eigenvalue weighted by Gasteiger charge is -2.36. The van der Waals surface area contributed by atoms with Gasteiger partial charge in [0.15, 0.2) is 0 Å². The molecule has 1 saturated heterocycles. The van der Waals surface area contributed by atoms with Crippen molar-refractivity contribution in [2.24, 2.45) is 0 Å². The molecule has 2 N–H and O–H groups in total. The summed E-state index contributed by atoms with van der Waals surface area (Å²) in [5.74, 6) is 0. The van der Waals surface area contributed by atoms with E-state index in [1.165, 1.54) is 33.0 Å². The fourth-order valence-electron chi connectivity index (χ4n) is 4.39. The van der Waals surface area contributed by atoms with E-state index in [1.54, 1.807) is 11.9 Å². The number of allylic oxidation sites excluding steroid dienone is 1. The summed E-state index contributed by atoms with van der Waals surface area (Å²) in [6, 6.07) is 17.5. The highest BCUT2D eigenvalue weighted by Crippen LogP contribution is 2.50. The first-order valence-electron chi connectivity index (χ1n) is 10.3. The molecule has 5 heteroatoms. The van der Waals surface area contributed by atoms with Crippen molar-refractivity contribution in [2.45, 2.75) is 25.8 Å². The molecule has 0 spiro atoms. The molecule has 1 atom stereocenters. The summed E-state index contributed by atoms with van der Waals surface area (Å²) in [6.45, 7) is 5.19. The third kappa shape index (κ3) is 3.72. The van der Waals surface area contributed by atoms with E-state index in [0.29, 0.717) is 6.04 Å². The van der Waals surface area contributed by atoms with E-state index in [4.69, 9.17) is 4.98 Å². The lowest BCUT2D eigenvalue weighted by Crippen LogP contribution is -2.51. The maximum atomic E-state index is 4.83. The lowest BCUT2D eigenvalue weighted by molar-refractivity contribution is 0.434. The van der Waals surface area contributed by atoms with Gasteiger partial charge < -0.3 is 14.9 Å². The Morgan fingerprint density at radius 3 is 2.90 bits per heavy atom. The molecule has 0 saturated carbocycles. The topological polar surface area (TPSA) is 40.2 Å². The van der Waals surface area contributed by atoms with Crippen molar-refractivity contribution in [1.29, 1.82) is 0 Å². The van der Waals surface area contributed by atoms with E-state index in [9.17, 15) is 0 Å². The Morgan fingerprint density at radius 2 is 2.00 bits per heavy atom. The maximum Gasteiger partial charge on any atom is 0.0963 e. The van der Waals surface area contributed by atoms with E-state index < -0.39 is 0 Å². The van der Waals surface area contributed by atoms with Gasteiger partial charge in [-0.1, -0.05) is 42.5 Å². The number of hydrogen-bond donors (Lipinski definition) is 2. The van der Waals surface area contributed by atoms with E-state index in [1.807, 2.05) is 12.3 Å². The molecular formula is C24H26N4S. The number of anilines is 2. The quantitative estimate of drug-likeness (QED) is 0.599. The minimum Gasteiger partial charge on any atom is -0.366 e. The first-order chi connectivity index (χ1) is 14.3.